The van der Waals surface area contributed by atoms with Gasteiger partial charge in [0.15, 0.2) is 5.96 Å². The third-order valence-electron chi connectivity index (χ3n) is 3.72. The first-order valence-electron chi connectivity index (χ1n) is 6.80. The minimum absolute atomic E-state index is 0. The van der Waals surface area contributed by atoms with Crippen molar-refractivity contribution in [1.29, 1.82) is 0 Å². The van der Waals surface area contributed by atoms with Gasteiger partial charge in [-0.2, -0.15) is 0 Å². The van der Waals surface area contributed by atoms with Crippen LogP contribution in [0.25, 0.3) is 0 Å². The Morgan fingerprint density at radius 2 is 2.12 bits per heavy atom. The Labute approximate surface area is 122 Å². The van der Waals surface area contributed by atoms with E-state index in [-0.39, 0.29) is 24.0 Å². The molecule has 2 rings (SSSR count). The number of halogens is 1. The largest absolute Gasteiger partial charge is 0.370 e. The molecule has 1 unspecified atom stereocenters. The summed E-state index contributed by atoms with van der Waals surface area (Å²) in [7, 11) is 0. The van der Waals surface area contributed by atoms with E-state index >= 15 is 0 Å². The normalized spacial score (nSPS) is 25.6. The van der Waals surface area contributed by atoms with Crippen LogP contribution in [0.4, 0.5) is 0 Å². The molecule has 0 bridgehead atoms. The SMILES string of the molecule is CC1CCCN(C(N)=NCCCC2CC2)C1.I. The second-order valence-electron chi connectivity index (χ2n) is 5.52. The zero-order valence-corrected chi connectivity index (χ0v) is 13.2. The average Bonchev–Trinajstić information content (AvgIpc) is 3.08. The van der Waals surface area contributed by atoms with Gasteiger partial charge in [-0.15, -0.1) is 24.0 Å². The van der Waals surface area contributed by atoms with Gasteiger partial charge in [0, 0.05) is 19.6 Å². The summed E-state index contributed by atoms with van der Waals surface area (Å²) in [5.41, 5.74) is 6.02. The number of aliphatic imine (C=N–C) groups is 1. The number of piperidine rings is 1. The lowest BCUT2D eigenvalue weighted by molar-refractivity contribution is 0.270. The predicted octanol–water partition coefficient (Wildman–Crippen LogP) is 2.84. The van der Waals surface area contributed by atoms with Gasteiger partial charge in [0.1, 0.15) is 0 Å². The van der Waals surface area contributed by atoms with Crippen LogP contribution in [0.1, 0.15) is 45.4 Å². The summed E-state index contributed by atoms with van der Waals surface area (Å²) in [6.07, 6.45) is 8.07. The quantitative estimate of drug-likeness (QED) is 0.366. The molecule has 1 aliphatic heterocycles. The molecule has 0 aromatic rings. The van der Waals surface area contributed by atoms with Crippen LogP contribution in [0.2, 0.25) is 0 Å². The fourth-order valence-electron chi connectivity index (χ4n) is 2.48. The maximum Gasteiger partial charge on any atom is 0.191 e. The van der Waals surface area contributed by atoms with Gasteiger partial charge in [0.25, 0.3) is 0 Å². The number of rotatable bonds is 4. The summed E-state index contributed by atoms with van der Waals surface area (Å²) in [4.78, 5) is 6.76. The lowest BCUT2D eigenvalue weighted by atomic mass is 10.0. The molecule has 3 nitrogen and oxygen atoms in total. The molecule has 4 heteroatoms. The van der Waals surface area contributed by atoms with Gasteiger partial charge in [0.05, 0.1) is 0 Å². The molecule has 1 aliphatic carbocycles. The average molecular weight is 351 g/mol. The number of hydrogen-bond donors (Lipinski definition) is 1. The van der Waals surface area contributed by atoms with Gasteiger partial charge in [-0.1, -0.05) is 19.8 Å². The number of hydrogen-bond acceptors (Lipinski definition) is 1. The van der Waals surface area contributed by atoms with Crippen molar-refractivity contribution in [2.24, 2.45) is 22.6 Å². The molecule has 0 aromatic heterocycles. The maximum absolute atomic E-state index is 6.02. The third kappa shape index (κ3) is 5.44. The lowest BCUT2D eigenvalue weighted by Crippen LogP contribution is -2.43. The first kappa shape index (κ1) is 15.1. The van der Waals surface area contributed by atoms with Crippen molar-refractivity contribution < 1.29 is 0 Å². The summed E-state index contributed by atoms with van der Waals surface area (Å²) in [5, 5.41) is 0. The van der Waals surface area contributed by atoms with E-state index in [2.05, 4.69) is 16.8 Å². The fraction of sp³-hybridized carbons (Fsp3) is 0.923. The topological polar surface area (TPSA) is 41.6 Å². The van der Waals surface area contributed by atoms with Gasteiger partial charge in [-0.05, 0) is 37.5 Å². The second-order valence-corrected chi connectivity index (χ2v) is 5.52. The van der Waals surface area contributed by atoms with Crippen molar-refractivity contribution in [2.75, 3.05) is 19.6 Å². The van der Waals surface area contributed by atoms with E-state index in [4.69, 9.17) is 5.73 Å². The summed E-state index contributed by atoms with van der Waals surface area (Å²) in [6.45, 7) is 5.42. The molecular formula is C13H26IN3. The Morgan fingerprint density at radius 3 is 2.76 bits per heavy atom. The molecule has 17 heavy (non-hydrogen) atoms. The molecule has 0 radical (unpaired) electrons. The van der Waals surface area contributed by atoms with Crippen LogP contribution in [0.15, 0.2) is 4.99 Å². The van der Waals surface area contributed by atoms with E-state index in [1.165, 1.54) is 38.5 Å². The highest BCUT2D eigenvalue weighted by molar-refractivity contribution is 14.0. The molecule has 0 aromatic carbocycles. The zero-order valence-electron chi connectivity index (χ0n) is 10.9. The third-order valence-corrected chi connectivity index (χ3v) is 3.72. The van der Waals surface area contributed by atoms with Crippen molar-refractivity contribution in [2.45, 2.75) is 45.4 Å². The molecule has 1 saturated carbocycles. The maximum atomic E-state index is 6.02. The molecule has 0 spiro atoms. The van der Waals surface area contributed by atoms with Gasteiger partial charge >= 0.3 is 0 Å². The minimum Gasteiger partial charge on any atom is -0.370 e. The lowest BCUT2D eigenvalue weighted by Gasteiger charge is -2.31. The van der Waals surface area contributed by atoms with Crippen molar-refractivity contribution in [3.05, 3.63) is 0 Å². The van der Waals surface area contributed by atoms with E-state index < -0.39 is 0 Å². The predicted molar refractivity (Wildman–Crippen MR) is 83.8 cm³/mol. The number of nitrogens with zero attached hydrogens (tertiary/aromatic N) is 2. The molecule has 1 atom stereocenters. The molecule has 0 amide bonds. The molecule has 1 heterocycles. The number of likely N-dealkylation sites (tertiary alicyclic amines) is 1. The van der Waals surface area contributed by atoms with E-state index in [9.17, 15) is 0 Å². The van der Waals surface area contributed by atoms with Gasteiger partial charge in [-0.3, -0.25) is 4.99 Å². The molecule has 2 fully saturated rings. The summed E-state index contributed by atoms with van der Waals surface area (Å²) < 4.78 is 0. The van der Waals surface area contributed by atoms with Crippen molar-refractivity contribution in [1.82, 2.24) is 4.90 Å². The standard InChI is InChI=1S/C13H25N3.HI/c1-11-4-3-9-16(10-11)13(14)15-8-2-5-12-6-7-12;/h11-12H,2-10H2,1H3,(H2,14,15);1H. The van der Waals surface area contributed by atoms with Gasteiger partial charge < -0.3 is 10.6 Å². The molecular weight excluding hydrogens is 325 g/mol. The zero-order chi connectivity index (χ0) is 11.4. The van der Waals surface area contributed by atoms with Crippen molar-refractivity contribution >= 4 is 29.9 Å². The summed E-state index contributed by atoms with van der Waals surface area (Å²) in [6, 6.07) is 0. The second kappa shape index (κ2) is 7.44. The van der Waals surface area contributed by atoms with Crippen LogP contribution >= 0.6 is 24.0 Å². The highest BCUT2D eigenvalue weighted by atomic mass is 127. The minimum atomic E-state index is 0. The van der Waals surface area contributed by atoms with E-state index in [1.54, 1.807) is 0 Å². The van der Waals surface area contributed by atoms with Crippen LogP contribution < -0.4 is 5.73 Å². The Kier molecular flexibility index (Phi) is 6.59. The molecule has 100 valence electrons. The van der Waals surface area contributed by atoms with E-state index in [1.807, 2.05) is 0 Å². The summed E-state index contributed by atoms with van der Waals surface area (Å²) >= 11 is 0. The van der Waals surface area contributed by atoms with Crippen LogP contribution in [0.3, 0.4) is 0 Å². The molecule has 2 aliphatic rings. The highest BCUT2D eigenvalue weighted by Gasteiger charge is 2.20. The number of nitrogens with two attached hydrogens (primary N) is 1. The van der Waals surface area contributed by atoms with Crippen molar-refractivity contribution in [3.8, 4) is 0 Å². The fourth-order valence-corrected chi connectivity index (χ4v) is 2.48. The first-order valence-corrected chi connectivity index (χ1v) is 6.80. The van der Waals surface area contributed by atoms with Crippen LogP contribution in [-0.4, -0.2) is 30.5 Å². The molecule has 2 N–H and O–H groups in total. The summed E-state index contributed by atoms with van der Waals surface area (Å²) in [5.74, 6) is 2.57. The van der Waals surface area contributed by atoms with Crippen LogP contribution in [-0.2, 0) is 0 Å². The Bertz CT molecular complexity index is 251. The van der Waals surface area contributed by atoms with Crippen molar-refractivity contribution in [3.63, 3.8) is 0 Å². The first-order chi connectivity index (χ1) is 7.75. The highest BCUT2D eigenvalue weighted by Crippen LogP contribution is 2.33. The van der Waals surface area contributed by atoms with E-state index in [0.717, 1.165) is 37.4 Å². The monoisotopic (exact) mass is 351 g/mol. The van der Waals surface area contributed by atoms with Gasteiger partial charge in [0.2, 0.25) is 0 Å². The van der Waals surface area contributed by atoms with E-state index in [0.29, 0.717) is 0 Å². The smallest absolute Gasteiger partial charge is 0.191 e. The Hall–Kier alpha value is 0. The Morgan fingerprint density at radius 1 is 1.35 bits per heavy atom. The van der Waals surface area contributed by atoms with Gasteiger partial charge in [-0.25, -0.2) is 0 Å². The molecule has 1 saturated heterocycles. The Balaban J connectivity index is 0.00000144. The van der Waals surface area contributed by atoms with Crippen LogP contribution in [0.5, 0.6) is 0 Å². The van der Waals surface area contributed by atoms with Crippen LogP contribution in [0, 0.1) is 11.8 Å². The number of guanidine groups is 1.